The molecule has 3 nitrogen and oxygen atoms in total. The summed E-state index contributed by atoms with van der Waals surface area (Å²) in [5, 5.41) is 18.8. The topological polar surface area (TPSA) is 53.6 Å². The number of aliphatic hydroxyl groups is 2. The maximum atomic E-state index is 9.01. The SMILES string of the molecule is Cc1cc(CO)cc2cc(CO)oc12. The van der Waals surface area contributed by atoms with Crippen LogP contribution in [0.25, 0.3) is 11.0 Å². The lowest BCUT2D eigenvalue weighted by molar-refractivity contribution is 0.251. The van der Waals surface area contributed by atoms with Gasteiger partial charge in [-0.25, -0.2) is 0 Å². The van der Waals surface area contributed by atoms with E-state index in [-0.39, 0.29) is 13.2 Å². The largest absolute Gasteiger partial charge is 0.458 e. The van der Waals surface area contributed by atoms with Gasteiger partial charge in [-0.15, -0.1) is 0 Å². The van der Waals surface area contributed by atoms with Crippen LogP contribution in [-0.2, 0) is 13.2 Å². The average Bonchev–Trinajstić information content (AvgIpc) is 2.61. The molecule has 0 spiro atoms. The molecule has 0 fully saturated rings. The number of hydrogen-bond acceptors (Lipinski definition) is 3. The van der Waals surface area contributed by atoms with Crippen LogP contribution in [0.15, 0.2) is 22.6 Å². The Bertz CT molecular complexity index is 457. The maximum absolute atomic E-state index is 9.01. The van der Waals surface area contributed by atoms with Crippen molar-refractivity contribution in [3.63, 3.8) is 0 Å². The average molecular weight is 192 g/mol. The van der Waals surface area contributed by atoms with Gasteiger partial charge in [-0.3, -0.25) is 0 Å². The zero-order valence-corrected chi connectivity index (χ0v) is 7.95. The van der Waals surface area contributed by atoms with Crippen molar-refractivity contribution in [3.8, 4) is 0 Å². The molecule has 3 heteroatoms. The van der Waals surface area contributed by atoms with Gasteiger partial charge in [-0.05, 0) is 30.2 Å². The van der Waals surface area contributed by atoms with Crippen LogP contribution in [0.3, 0.4) is 0 Å². The molecule has 0 aliphatic rings. The molecule has 0 amide bonds. The first-order chi connectivity index (χ1) is 6.74. The molecule has 0 saturated heterocycles. The number of hydrogen-bond donors (Lipinski definition) is 2. The second-order valence-electron chi connectivity index (χ2n) is 3.36. The van der Waals surface area contributed by atoms with Gasteiger partial charge in [0.1, 0.15) is 18.0 Å². The van der Waals surface area contributed by atoms with Gasteiger partial charge in [0.25, 0.3) is 0 Å². The number of furan rings is 1. The Morgan fingerprint density at radius 1 is 1.14 bits per heavy atom. The minimum Gasteiger partial charge on any atom is -0.458 e. The van der Waals surface area contributed by atoms with Gasteiger partial charge in [-0.2, -0.15) is 0 Å². The summed E-state index contributed by atoms with van der Waals surface area (Å²) in [6.45, 7) is 1.85. The molecule has 0 saturated carbocycles. The van der Waals surface area contributed by atoms with E-state index in [9.17, 15) is 0 Å². The van der Waals surface area contributed by atoms with Gasteiger partial charge >= 0.3 is 0 Å². The monoisotopic (exact) mass is 192 g/mol. The van der Waals surface area contributed by atoms with E-state index >= 15 is 0 Å². The summed E-state index contributed by atoms with van der Waals surface area (Å²) in [5.74, 6) is 0.554. The standard InChI is InChI=1S/C11H12O3/c1-7-2-8(5-12)3-9-4-10(6-13)14-11(7)9/h2-4,12-13H,5-6H2,1H3. The number of rotatable bonds is 2. The number of aliphatic hydroxyl groups excluding tert-OH is 2. The highest BCUT2D eigenvalue weighted by Crippen LogP contribution is 2.24. The van der Waals surface area contributed by atoms with Crippen molar-refractivity contribution in [2.75, 3.05) is 0 Å². The van der Waals surface area contributed by atoms with Gasteiger partial charge in [0, 0.05) is 5.39 Å². The number of aryl methyl sites for hydroxylation is 1. The Labute approximate surface area is 81.6 Å². The van der Waals surface area contributed by atoms with Crippen molar-refractivity contribution in [2.45, 2.75) is 20.1 Å². The Morgan fingerprint density at radius 2 is 1.93 bits per heavy atom. The highest BCUT2D eigenvalue weighted by Gasteiger charge is 2.06. The first-order valence-corrected chi connectivity index (χ1v) is 4.48. The minimum atomic E-state index is -0.0947. The number of fused-ring (bicyclic) bond motifs is 1. The summed E-state index contributed by atoms with van der Waals surface area (Å²) >= 11 is 0. The van der Waals surface area contributed by atoms with Gasteiger partial charge in [-0.1, -0.05) is 6.07 Å². The van der Waals surface area contributed by atoms with Crippen LogP contribution >= 0.6 is 0 Å². The summed E-state index contributed by atoms with van der Waals surface area (Å²) < 4.78 is 5.42. The van der Waals surface area contributed by atoms with E-state index in [1.807, 2.05) is 19.1 Å². The van der Waals surface area contributed by atoms with Gasteiger partial charge in [0.15, 0.2) is 0 Å². The molecule has 0 radical (unpaired) electrons. The number of benzene rings is 1. The third kappa shape index (κ3) is 1.41. The normalized spacial score (nSPS) is 11.1. The van der Waals surface area contributed by atoms with Crippen molar-refractivity contribution >= 4 is 11.0 Å². The molecule has 0 aliphatic carbocycles. The third-order valence-corrected chi connectivity index (χ3v) is 2.25. The minimum absolute atomic E-state index is 0.0242. The predicted molar refractivity (Wildman–Crippen MR) is 52.8 cm³/mol. The van der Waals surface area contributed by atoms with Gasteiger partial charge in [0.2, 0.25) is 0 Å². The lowest BCUT2D eigenvalue weighted by Gasteiger charge is -1.98. The zero-order chi connectivity index (χ0) is 10.1. The summed E-state index contributed by atoms with van der Waals surface area (Å²) in [7, 11) is 0. The summed E-state index contributed by atoms with van der Waals surface area (Å²) in [6.07, 6.45) is 0. The Hall–Kier alpha value is -1.32. The summed E-state index contributed by atoms with van der Waals surface area (Å²) in [6, 6.07) is 5.54. The zero-order valence-electron chi connectivity index (χ0n) is 7.95. The van der Waals surface area contributed by atoms with E-state index in [0.29, 0.717) is 5.76 Å². The van der Waals surface area contributed by atoms with E-state index in [2.05, 4.69) is 0 Å². The fraction of sp³-hybridized carbons (Fsp3) is 0.273. The van der Waals surface area contributed by atoms with Crippen LogP contribution in [0.1, 0.15) is 16.9 Å². The Morgan fingerprint density at radius 3 is 2.57 bits per heavy atom. The van der Waals surface area contributed by atoms with Crippen LogP contribution in [0, 0.1) is 6.92 Å². The second-order valence-corrected chi connectivity index (χ2v) is 3.36. The van der Waals surface area contributed by atoms with E-state index in [1.54, 1.807) is 6.07 Å². The van der Waals surface area contributed by atoms with E-state index in [1.165, 1.54) is 0 Å². The Balaban J connectivity index is 2.67. The summed E-state index contributed by atoms with van der Waals surface area (Å²) in [4.78, 5) is 0. The van der Waals surface area contributed by atoms with Crippen LogP contribution in [-0.4, -0.2) is 10.2 Å². The lowest BCUT2D eigenvalue weighted by Crippen LogP contribution is -1.84. The van der Waals surface area contributed by atoms with Crippen LogP contribution in [0.4, 0.5) is 0 Å². The Kier molecular flexibility index (Phi) is 2.27. The van der Waals surface area contributed by atoms with Gasteiger partial charge < -0.3 is 14.6 Å². The molecule has 1 aromatic carbocycles. The lowest BCUT2D eigenvalue weighted by atomic mass is 10.1. The van der Waals surface area contributed by atoms with Crippen molar-refractivity contribution in [1.29, 1.82) is 0 Å². The molecule has 0 atom stereocenters. The molecule has 0 aliphatic heterocycles. The van der Waals surface area contributed by atoms with Crippen molar-refractivity contribution in [1.82, 2.24) is 0 Å². The third-order valence-electron chi connectivity index (χ3n) is 2.25. The fourth-order valence-corrected chi connectivity index (χ4v) is 1.63. The summed E-state index contributed by atoms with van der Waals surface area (Å²) in [5.41, 5.74) is 2.62. The van der Waals surface area contributed by atoms with Crippen molar-refractivity contribution in [3.05, 3.63) is 35.1 Å². The van der Waals surface area contributed by atoms with Crippen molar-refractivity contribution < 1.29 is 14.6 Å². The molecule has 2 rings (SSSR count). The van der Waals surface area contributed by atoms with Crippen LogP contribution in [0.5, 0.6) is 0 Å². The fourth-order valence-electron chi connectivity index (χ4n) is 1.63. The van der Waals surface area contributed by atoms with Crippen molar-refractivity contribution in [2.24, 2.45) is 0 Å². The molecule has 0 unspecified atom stereocenters. The molecule has 74 valence electrons. The molecule has 1 heterocycles. The predicted octanol–water partition coefficient (Wildman–Crippen LogP) is 1.73. The molecule has 2 N–H and O–H groups in total. The molecule has 1 aromatic heterocycles. The van der Waals surface area contributed by atoms with E-state index in [4.69, 9.17) is 14.6 Å². The van der Waals surface area contributed by atoms with E-state index < -0.39 is 0 Å². The van der Waals surface area contributed by atoms with Crippen LogP contribution in [0.2, 0.25) is 0 Å². The van der Waals surface area contributed by atoms with Gasteiger partial charge in [0.05, 0.1) is 6.61 Å². The molecular weight excluding hydrogens is 180 g/mol. The molecule has 0 bridgehead atoms. The van der Waals surface area contributed by atoms with E-state index in [0.717, 1.165) is 22.1 Å². The first-order valence-electron chi connectivity index (χ1n) is 4.48. The quantitative estimate of drug-likeness (QED) is 0.761. The van der Waals surface area contributed by atoms with Crippen LogP contribution < -0.4 is 0 Å². The second kappa shape index (κ2) is 3.44. The maximum Gasteiger partial charge on any atom is 0.137 e. The first kappa shape index (κ1) is 9.24. The molecule has 2 aromatic rings. The molecule has 14 heavy (non-hydrogen) atoms. The highest BCUT2D eigenvalue weighted by atomic mass is 16.4. The highest BCUT2D eigenvalue weighted by molar-refractivity contribution is 5.81. The smallest absolute Gasteiger partial charge is 0.137 e. The molecular formula is C11H12O3.